The number of nitrogens with zero attached hydrogens (tertiary/aromatic N) is 2. The van der Waals surface area contributed by atoms with Gasteiger partial charge in [-0.1, -0.05) is 116 Å². The van der Waals surface area contributed by atoms with E-state index >= 15 is 0 Å². The predicted molar refractivity (Wildman–Crippen MR) is 222 cm³/mol. The summed E-state index contributed by atoms with van der Waals surface area (Å²) in [5.41, 5.74) is 14.1. The molecule has 8 rings (SSSR count). The summed E-state index contributed by atoms with van der Waals surface area (Å²) in [5, 5.41) is 5.72. The molecule has 2 unspecified atom stereocenters. The topological polar surface area (TPSA) is 7.94 Å². The third-order valence-corrected chi connectivity index (χ3v) is 12.6. The van der Waals surface area contributed by atoms with Gasteiger partial charge in [0.15, 0.2) is 6.20 Å². The largest absolute Gasteiger partial charge is 0.309 e. The zero-order valence-corrected chi connectivity index (χ0v) is 33.0. The Kier molecular flexibility index (Phi) is 8.18. The van der Waals surface area contributed by atoms with E-state index in [0.717, 1.165) is 12.8 Å². The van der Waals surface area contributed by atoms with Crippen LogP contribution in [-0.4, -0.2) is 27.2 Å². The highest BCUT2D eigenvalue weighted by Crippen LogP contribution is 2.53. The molecule has 0 saturated heterocycles. The summed E-state index contributed by atoms with van der Waals surface area (Å²) in [7, 11) is 2.26. The van der Waals surface area contributed by atoms with Crippen LogP contribution in [0.4, 0.5) is 0 Å². The molecule has 5 aromatic carbocycles. The summed E-state index contributed by atoms with van der Waals surface area (Å²) >= 11 is 2.11. The van der Waals surface area contributed by atoms with Gasteiger partial charge in [0.25, 0.3) is 0 Å². The summed E-state index contributed by atoms with van der Waals surface area (Å²) in [4.78, 5) is 1.48. The van der Waals surface area contributed by atoms with E-state index in [-0.39, 0.29) is 10.8 Å². The van der Waals surface area contributed by atoms with Gasteiger partial charge >= 0.3 is 0 Å². The molecule has 2 atom stereocenters. The van der Waals surface area contributed by atoms with E-state index in [1.54, 1.807) is 0 Å². The normalized spacial score (nSPS) is 17.7. The molecule has 0 fully saturated rings. The molecule has 1 aromatic heterocycles. The fourth-order valence-electron chi connectivity index (χ4n) is 8.93. The highest BCUT2D eigenvalue weighted by atomic mass is 32.2. The second kappa shape index (κ2) is 12.3. The van der Waals surface area contributed by atoms with Gasteiger partial charge in [0.1, 0.15) is 12.3 Å². The Labute approximate surface area is 309 Å². The van der Waals surface area contributed by atoms with E-state index < -0.39 is 0 Å². The summed E-state index contributed by atoms with van der Waals surface area (Å²) in [6.45, 7) is 21.2. The van der Waals surface area contributed by atoms with E-state index in [0.29, 0.717) is 17.1 Å². The van der Waals surface area contributed by atoms with Gasteiger partial charge in [-0.25, -0.2) is 4.58 Å². The Morgan fingerprint density at radius 3 is 2.18 bits per heavy atom. The average Bonchev–Trinajstić information content (AvgIpc) is 3.61. The molecule has 0 amide bonds. The van der Waals surface area contributed by atoms with E-state index in [1.807, 2.05) is 0 Å². The van der Waals surface area contributed by atoms with Crippen LogP contribution in [-0.2, 0) is 18.3 Å². The molecule has 2 aliphatic rings. The van der Waals surface area contributed by atoms with Gasteiger partial charge in [0.05, 0.1) is 11.0 Å². The number of aryl methyl sites for hydroxylation is 1. The van der Waals surface area contributed by atoms with Gasteiger partial charge in [-0.15, -0.1) is 11.8 Å². The second-order valence-electron chi connectivity index (χ2n) is 17.8. The first kappa shape index (κ1) is 34.0. The van der Waals surface area contributed by atoms with Crippen LogP contribution in [0.1, 0.15) is 94.7 Å². The number of hydrogen-bond donors (Lipinski definition) is 0. The molecule has 6 aromatic rings. The summed E-state index contributed by atoms with van der Waals surface area (Å²) in [5.74, 6) is 0.869. The maximum atomic E-state index is 2.60. The Balaban J connectivity index is 1.35. The van der Waals surface area contributed by atoms with Gasteiger partial charge in [-0.05, 0) is 105 Å². The fourth-order valence-corrected chi connectivity index (χ4v) is 10.6. The number of para-hydroxylation sites is 2. The second-order valence-corrected chi connectivity index (χ2v) is 19.0. The molecule has 2 nitrogen and oxygen atoms in total. The van der Waals surface area contributed by atoms with E-state index in [4.69, 9.17) is 0 Å². The Morgan fingerprint density at radius 2 is 1.47 bits per heavy atom. The lowest BCUT2D eigenvalue weighted by Gasteiger charge is -2.26. The zero-order chi connectivity index (χ0) is 36.0. The molecule has 2 aliphatic heterocycles. The van der Waals surface area contributed by atoms with E-state index in [1.165, 1.54) is 82.3 Å². The lowest BCUT2D eigenvalue weighted by Crippen LogP contribution is -2.32. The Bertz CT molecular complexity index is 2420. The third kappa shape index (κ3) is 5.77. The number of rotatable bonds is 5. The molecule has 0 N–H and O–H groups in total. The molecular weight excluding hydrogens is 637 g/mol. The summed E-state index contributed by atoms with van der Waals surface area (Å²) in [6.07, 6.45) is 6.91. The first-order valence-corrected chi connectivity index (χ1v) is 19.8. The van der Waals surface area contributed by atoms with Crippen molar-refractivity contribution in [2.75, 3.05) is 7.05 Å². The minimum atomic E-state index is 0.0301. The van der Waals surface area contributed by atoms with Crippen LogP contribution >= 0.6 is 11.8 Å². The highest BCUT2D eigenvalue weighted by molar-refractivity contribution is 8.01. The molecule has 3 heteroatoms. The molecular formula is C48H53N2S+. The van der Waals surface area contributed by atoms with E-state index in [2.05, 4.69) is 187 Å². The number of aromatic nitrogens is 1. The predicted octanol–water partition coefficient (Wildman–Crippen LogP) is 12.5. The smallest absolute Gasteiger partial charge is 0.203 e. The van der Waals surface area contributed by atoms with Crippen molar-refractivity contribution in [2.24, 2.45) is 11.3 Å². The first-order valence-electron chi connectivity index (χ1n) is 18.9. The Morgan fingerprint density at radius 1 is 0.784 bits per heavy atom. The zero-order valence-electron chi connectivity index (χ0n) is 32.2. The standard InChI is InChI=1S/C48H53N2S/c1-29(2)24-31-16-15-20-37-36-19-13-14-21-42(36)50(43(31)37)33-25-32(28-47(4,5)6)45-40(26-33)38-22-23-49(10)44(46(38)51-45)39-27-41(48(7,8)9)35-18-12-11-17-34(35)30(39)3/h11-23,25-27,29,38,46H,24,28H2,1-10H3/q+1. The Hall–Kier alpha value is -4.08. The van der Waals surface area contributed by atoms with Crippen molar-refractivity contribution in [2.45, 2.75) is 96.6 Å². The lowest BCUT2D eigenvalue weighted by molar-refractivity contribution is -0.424. The maximum absolute atomic E-state index is 2.60. The minimum absolute atomic E-state index is 0.0301. The molecule has 3 heterocycles. The van der Waals surface area contributed by atoms with E-state index in [9.17, 15) is 0 Å². The van der Waals surface area contributed by atoms with Crippen molar-refractivity contribution >= 4 is 50.1 Å². The van der Waals surface area contributed by atoms with Crippen molar-refractivity contribution in [3.63, 3.8) is 0 Å². The average molecular weight is 690 g/mol. The van der Waals surface area contributed by atoms with Crippen LogP contribution in [0.2, 0.25) is 0 Å². The van der Waals surface area contributed by atoms with Crippen molar-refractivity contribution in [3.8, 4) is 5.69 Å². The third-order valence-electron chi connectivity index (χ3n) is 11.1. The van der Waals surface area contributed by atoms with Crippen LogP contribution in [0, 0.1) is 18.3 Å². The lowest BCUT2D eigenvalue weighted by atomic mass is 9.79. The molecule has 0 bridgehead atoms. The summed E-state index contributed by atoms with van der Waals surface area (Å²) < 4.78 is 5.01. The van der Waals surface area contributed by atoms with Gasteiger partial charge in [-0.3, -0.25) is 0 Å². The molecule has 0 aliphatic carbocycles. The van der Waals surface area contributed by atoms with Crippen LogP contribution < -0.4 is 0 Å². The molecule has 260 valence electrons. The number of thioether (sulfide) groups is 1. The SMILES string of the molecule is Cc1c(C2=[N+](C)C=CC3c4cc(-n5c6ccccc6c6cccc(CC(C)C)c65)cc(CC(C)(C)C)c4SC23)cc(C(C)(C)C)c2ccccc12. The molecule has 0 radical (unpaired) electrons. The fraction of sp³-hybridized carbons (Fsp3) is 0.354. The first-order chi connectivity index (χ1) is 24.2. The molecule has 0 spiro atoms. The van der Waals surface area contributed by atoms with Crippen LogP contribution in [0.5, 0.6) is 0 Å². The quantitative estimate of drug-likeness (QED) is 0.164. The highest BCUT2D eigenvalue weighted by Gasteiger charge is 2.44. The number of hydrogen-bond acceptors (Lipinski definition) is 1. The van der Waals surface area contributed by atoms with Gasteiger partial charge in [-0.2, -0.15) is 0 Å². The van der Waals surface area contributed by atoms with Gasteiger partial charge < -0.3 is 4.57 Å². The van der Waals surface area contributed by atoms with Crippen molar-refractivity contribution in [1.29, 1.82) is 0 Å². The number of fused-ring (bicyclic) bond motifs is 7. The molecule has 0 saturated carbocycles. The number of allylic oxidation sites excluding steroid dienone is 1. The maximum Gasteiger partial charge on any atom is 0.203 e. The minimum Gasteiger partial charge on any atom is -0.309 e. The van der Waals surface area contributed by atoms with Crippen LogP contribution in [0.25, 0.3) is 38.3 Å². The van der Waals surface area contributed by atoms with Gasteiger partial charge in [0, 0.05) is 32.8 Å². The monoisotopic (exact) mass is 689 g/mol. The van der Waals surface area contributed by atoms with Crippen LogP contribution in [0.3, 0.4) is 0 Å². The number of benzene rings is 5. The van der Waals surface area contributed by atoms with Crippen molar-refractivity contribution in [3.05, 3.63) is 131 Å². The van der Waals surface area contributed by atoms with Gasteiger partial charge in [0.2, 0.25) is 5.71 Å². The summed E-state index contributed by atoms with van der Waals surface area (Å²) in [6, 6.07) is 32.6. The van der Waals surface area contributed by atoms with Crippen molar-refractivity contribution < 1.29 is 4.58 Å². The molecule has 51 heavy (non-hydrogen) atoms. The van der Waals surface area contributed by atoms with Crippen LogP contribution in [0.15, 0.2) is 102 Å². The van der Waals surface area contributed by atoms with Crippen molar-refractivity contribution in [1.82, 2.24) is 4.57 Å².